The van der Waals surface area contributed by atoms with E-state index in [9.17, 15) is 14.7 Å². The Kier molecular flexibility index (Phi) is 5.80. The molecule has 0 radical (unpaired) electrons. The summed E-state index contributed by atoms with van der Waals surface area (Å²) in [5.41, 5.74) is 0.657. The van der Waals surface area contributed by atoms with Gasteiger partial charge in [0.25, 0.3) is 17.2 Å². The number of benzene rings is 2. The zero-order valence-electron chi connectivity index (χ0n) is 18.1. The zero-order valence-corrected chi connectivity index (χ0v) is 18.9. The minimum Gasteiger partial charge on any atom is -0.486 e. The van der Waals surface area contributed by atoms with Crippen LogP contribution in [-0.4, -0.2) is 43.7 Å². The van der Waals surface area contributed by atoms with Gasteiger partial charge >= 0.3 is 0 Å². The van der Waals surface area contributed by atoms with Crippen molar-refractivity contribution < 1.29 is 14.6 Å². The van der Waals surface area contributed by atoms with Crippen LogP contribution in [0.4, 0.5) is 0 Å². The first-order chi connectivity index (χ1) is 16.5. The molecule has 0 spiro atoms. The van der Waals surface area contributed by atoms with Crippen molar-refractivity contribution in [2.24, 2.45) is 5.41 Å². The average Bonchev–Trinajstić information content (AvgIpc) is 3.54. The number of carbonyl (C=O) groups excluding carboxylic acids is 1. The van der Waals surface area contributed by atoms with Crippen LogP contribution in [0, 0.1) is 5.41 Å². The number of nitrogens with zero attached hydrogens (tertiary/aromatic N) is 3. The van der Waals surface area contributed by atoms with E-state index < -0.39 is 5.56 Å². The van der Waals surface area contributed by atoms with Gasteiger partial charge < -0.3 is 15.2 Å². The molecule has 0 unspecified atom stereocenters. The fraction of sp³-hybridized carbons (Fsp3) is 0.250. The third-order valence-electron chi connectivity index (χ3n) is 5.97. The van der Waals surface area contributed by atoms with Crippen LogP contribution in [0.3, 0.4) is 0 Å². The van der Waals surface area contributed by atoms with Crippen LogP contribution in [0.15, 0.2) is 59.4 Å². The Bertz CT molecular complexity index is 1410. The number of aliphatic hydroxyl groups excluding tert-OH is 1. The zero-order chi connectivity index (χ0) is 23.7. The number of amides is 1. The number of fused-ring (bicyclic) bond motifs is 1. The molecular weight excluding hydrogens is 458 g/mol. The van der Waals surface area contributed by atoms with E-state index in [0.717, 1.165) is 18.4 Å². The maximum atomic E-state index is 12.8. The van der Waals surface area contributed by atoms with Crippen molar-refractivity contribution in [1.29, 1.82) is 0 Å². The van der Waals surface area contributed by atoms with E-state index in [1.165, 1.54) is 4.52 Å². The van der Waals surface area contributed by atoms with Crippen molar-refractivity contribution in [2.45, 2.75) is 19.4 Å². The minimum atomic E-state index is -0.496. The number of ether oxygens (including phenoxy) is 1. The molecule has 1 aliphatic carbocycles. The van der Waals surface area contributed by atoms with Crippen molar-refractivity contribution in [2.75, 3.05) is 13.2 Å². The Hall–Kier alpha value is -3.69. The maximum Gasteiger partial charge on any atom is 0.293 e. The van der Waals surface area contributed by atoms with Gasteiger partial charge in [-0.05, 0) is 25.0 Å². The molecule has 1 fully saturated rings. The summed E-state index contributed by atoms with van der Waals surface area (Å²) in [7, 11) is 0. The first-order valence-electron chi connectivity index (χ1n) is 10.8. The van der Waals surface area contributed by atoms with Gasteiger partial charge in [-0.25, -0.2) is 4.98 Å². The first kappa shape index (κ1) is 22.1. The molecule has 1 aliphatic rings. The van der Waals surface area contributed by atoms with E-state index in [1.807, 2.05) is 30.3 Å². The van der Waals surface area contributed by atoms with Gasteiger partial charge in [0.1, 0.15) is 23.1 Å². The summed E-state index contributed by atoms with van der Waals surface area (Å²) >= 11 is 6.29. The van der Waals surface area contributed by atoms with Crippen LogP contribution in [0.5, 0.6) is 5.75 Å². The molecule has 9 nitrogen and oxygen atoms in total. The molecule has 0 atom stereocenters. The fourth-order valence-corrected chi connectivity index (χ4v) is 3.80. The summed E-state index contributed by atoms with van der Waals surface area (Å²) in [5, 5.41) is 15.2. The summed E-state index contributed by atoms with van der Waals surface area (Å²) in [6.45, 7) is 0.330. The second kappa shape index (κ2) is 8.92. The number of carbonyl (C=O) groups is 1. The second-order valence-corrected chi connectivity index (χ2v) is 8.75. The molecule has 2 aromatic carbocycles. The van der Waals surface area contributed by atoms with Crippen molar-refractivity contribution >= 4 is 23.3 Å². The van der Waals surface area contributed by atoms with Gasteiger partial charge in [-0.1, -0.05) is 54.1 Å². The molecule has 2 heterocycles. The highest BCUT2D eigenvalue weighted by atomic mass is 35.5. The minimum absolute atomic E-state index is 0.0484. The number of aliphatic hydroxyl groups is 1. The highest BCUT2D eigenvalue weighted by Gasteiger charge is 2.42. The summed E-state index contributed by atoms with van der Waals surface area (Å²) < 4.78 is 7.04. The van der Waals surface area contributed by atoms with E-state index in [-0.39, 0.29) is 41.0 Å². The maximum absolute atomic E-state index is 12.8. The third-order valence-corrected chi connectivity index (χ3v) is 6.35. The molecule has 2 aromatic heterocycles. The monoisotopic (exact) mass is 479 g/mol. The van der Waals surface area contributed by atoms with Crippen LogP contribution in [0.1, 0.15) is 28.9 Å². The smallest absolute Gasteiger partial charge is 0.293 e. The SMILES string of the molecule is O=C(NCC1(CO)CC1)c1ccccc1OCc1nc2nc(-c3ccccc3)[nH]n2c(=O)c1Cl. The molecule has 1 saturated carbocycles. The van der Waals surface area contributed by atoms with E-state index >= 15 is 0 Å². The van der Waals surface area contributed by atoms with Gasteiger partial charge in [0, 0.05) is 17.5 Å². The molecule has 3 N–H and O–H groups in total. The highest BCUT2D eigenvalue weighted by Crippen LogP contribution is 2.44. The van der Waals surface area contributed by atoms with Gasteiger partial charge in [0.05, 0.1) is 12.2 Å². The lowest BCUT2D eigenvalue weighted by Crippen LogP contribution is -2.32. The largest absolute Gasteiger partial charge is 0.486 e. The van der Waals surface area contributed by atoms with Crippen molar-refractivity contribution in [3.8, 4) is 17.1 Å². The lowest BCUT2D eigenvalue weighted by atomic mass is 10.1. The summed E-state index contributed by atoms with van der Waals surface area (Å²) in [4.78, 5) is 34.3. The third kappa shape index (κ3) is 4.27. The Morgan fingerprint density at radius 2 is 1.88 bits per heavy atom. The average molecular weight is 480 g/mol. The number of hydrogen-bond donors (Lipinski definition) is 3. The fourth-order valence-electron chi connectivity index (χ4n) is 3.62. The molecule has 1 amide bonds. The molecule has 10 heteroatoms. The molecule has 4 aromatic rings. The van der Waals surface area contributed by atoms with Crippen LogP contribution < -0.4 is 15.6 Å². The van der Waals surface area contributed by atoms with E-state index in [4.69, 9.17) is 16.3 Å². The van der Waals surface area contributed by atoms with Gasteiger partial charge in [-0.3, -0.25) is 14.7 Å². The molecule has 34 heavy (non-hydrogen) atoms. The summed E-state index contributed by atoms with van der Waals surface area (Å²) in [6.07, 6.45) is 1.78. The number of halogens is 1. The van der Waals surface area contributed by atoms with Gasteiger partial charge in [0.2, 0.25) is 0 Å². The number of para-hydroxylation sites is 1. The quantitative estimate of drug-likeness (QED) is 0.357. The lowest BCUT2D eigenvalue weighted by molar-refractivity contribution is 0.0930. The molecular formula is C24H22ClN5O4. The predicted molar refractivity (Wildman–Crippen MR) is 126 cm³/mol. The van der Waals surface area contributed by atoms with Crippen molar-refractivity contribution in [3.63, 3.8) is 0 Å². The summed E-state index contributed by atoms with van der Waals surface area (Å²) in [6, 6.07) is 16.1. The topological polar surface area (TPSA) is 122 Å². The lowest BCUT2D eigenvalue weighted by Gasteiger charge is -2.15. The highest BCUT2D eigenvalue weighted by molar-refractivity contribution is 6.31. The Balaban J connectivity index is 1.37. The molecule has 0 saturated heterocycles. The first-order valence-corrected chi connectivity index (χ1v) is 11.2. The number of aromatic nitrogens is 4. The van der Waals surface area contributed by atoms with E-state index in [1.54, 1.807) is 24.3 Å². The number of H-pyrrole nitrogens is 1. The van der Waals surface area contributed by atoms with Gasteiger partial charge in [0.15, 0.2) is 5.82 Å². The predicted octanol–water partition coefficient (Wildman–Crippen LogP) is 2.82. The molecule has 0 bridgehead atoms. The number of rotatable bonds is 8. The number of aromatic amines is 1. The van der Waals surface area contributed by atoms with Crippen LogP contribution >= 0.6 is 11.6 Å². The normalized spacial score (nSPS) is 14.2. The van der Waals surface area contributed by atoms with Gasteiger partial charge in [-0.15, -0.1) is 0 Å². The standard InChI is InChI=1S/C24H22ClN5O4/c25-19-17(27-23-28-20(29-30(23)22(19)33)15-6-2-1-3-7-15)12-34-18-9-5-4-8-16(18)21(32)26-13-24(14-31)10-11-24/h1-9,31H,10-14H2,(H,26,32)(H,27,28,29). The van der Waals surface area contributed by atoms with E-state index in [0.29, 0.717) is 23.7 Å². The Morgan fingerprint density at radius 1 is 1.15 bits per heavy atom. The van der Waals surface area contributed by atoms with Crippen molar-refractivity contribution in [3.05, 3.63) is 81.2 Å². The van der Waals surface area contributed by atoms with Gasteiger partial charge in [-0.2, -0.15) is 9.50 Å². The Labute approximate surface area is 199 Å². The molecule has 174 valence electrons. The van der Waals surface area contributed by atoms with Crippen LogP contribution in [0.2, 0.25) is 5.02 Å². The second-order valence-electron chi connectivity index (χ2n) is 8.38. The number of hydrogen-bond acceptors (Lipinski definition) is 6. The number of nitrogens with one attached hydrogen (secondary N) is 2. The van der Waals surface area contributed by atoms with Crippen LogP contribution in [0.25, 0.3) is 17.2 Å². The molecule has 0 aliphatic heterocycles. The summed E-state index contributed by atoms with van der Waals surface area (Å²) in [5.74, 6) is 0.679. The Morgan fingerprint density at radius 3 is 2.62 bits per heavy atom. The molecule has 5 rings (SSSR count). The van der Waals surface area contributed by atoms with Crippen LogP contribution in [-0.2, 0) is 6.61 Å². The van der Waals surface area contributed by atoms with Crippen molar-refractivity contribution in [1.82, 2.24) is 24.9 Å². The van der Waals surface area contributed by atoms with E-state index in [2.05, 4.69) is 20.4 Å².